The average Bonchev–Trinajstić information content (AvgIpc) is 2.31. The molecule has 0 fully saturated rings. The Morgan fingerprint density at radius 2 is 1.89 bits per heavy atom. The van der Waals surface area contributed by atoms with Gasteiger partial charge in [0, 0.05) is 23.8 Å². The quantitative estimate of drug-likeness (QED) is 0.597. The molecule has 0 bridgehead atoms. The minimum Gasteiger partial charge on any atom is -0.370 e. The molecule has 0 aliphatic heterocycles. The Kier molecular flexibility index (Phi) is 6.47. The van der Waals surface area contributed by atoms with Crippen LogP contribution in [0, 0.1) is 6.92 Å². The minimum absolute atomic E-state index is 0.548. The molecular weight excluding hydrogens is 242 g/mol. The van der Waals surface area contributed by atoms with Crippen LogP contribution >= 0.6 is 11.8 Å². The van der Waals surface area contributed by atoms with Crippen molar-refractivity contribution in [1.29, 1.82) is 0 Å². The molecule has 1 aromatic rings. The Morgan fingerprint density at radius 3 is 2.44 bits per heavy atom. The van der Waals surface area contributed by atoms with E-state index in [1.54, 1.807) is 0 Å². The zero-order chi connectivity index (χ0) is 13.5. The van der Waals surface area contributed by atoms with Gasteiger partial charge in [0.2, 0.25) is 0 Å². The summed E-state index contributed by atoms with van der Waals surface area (Å²) in [5.74, 6) is 1.98. The smallest absolute Gasteiger partial charge is 0.133 e. The van der Waals surface area contributed by atoms with Crippen molar-refractivity contribution in [3.63, 3.8) is 0 Å². The lowest BCUT2D eigenvalue weighted by Gasteiger charge is -2.14. The van der Waals surface area contributed by atoms with E-state index < -0.39 is 0 Å². The van der Waals surface area contributed by atoms with Crippen molar-refractivity contribution in [2.24, 2.45) is 0 Å². The maximum atomic E-state index is 4.68. The second-order valence-corrected chi connectivity index (χ2v) is 6.33. The molecule has 0 unspecified atom stereocenters. The van der Waals surface area contributed by atoms with Gasteiger partial charge in [0.25, 0.3) is 0 Å². The first kappa shape index (κ1) is 15.3. The van der Waals surface area contributed by atoms with Gasteiger partial charge in [0.05, 0.1) is 0 Å². The van der Waals surface area contributed by atoms with Gasteiger partial charge in [-0.2, -0.15) is 0 Å². The van der Waals surface area contributed by atoms with E-state index in [4.69, 9.17) is 0 Å². The Bertz CT molecular complexity index is 378. The fourth-order valence-corrected chi connectivity index (χ4v) is 2.51. The van der Waals surface area contributed by atoms with Crippen LogP contribution in [-0.2, 0) is 6.42 Å². The molecule has 0 saturated heterocycles. The van der Waals surface area contributed by atoms with Crippen LogP contribution in [0.3, 0.4) is 0 Å². The van der Waals surface area contributed by atoms with Gasteiger partial charge < -0.3 is 5.32 Å². The summed E-state index contributed by atoms with van der Waals surface area (Å²) in [5, 5.41) is 5.09. The fourth-order valence-electron chi connectivity index (χ4n) is 1.63. The molecule has 0 radical (unpaired) electrons. The topological polar surface area (TPSA) is 37.8 Å². The number of hydrogen-bond donors (Lipinski definition) is 1. The second kappa shape index (κ2) is 7.62. The molecular formula is C14H25N3S. The predicted molar refractivity (Wildman–Crippen MR) is 80.5 cm³/mol. The number of anilines is 1. The summed E-state index contributed by atoms with van der Waals surface area (Å²) in [5.41, 5.74) is 1.18. The minimum atomic E-state index is 0.548. The number of aromatic nitrogens is 2. The van der Waals surface area contributed by atoms with E-state index in [2.05, 4.69) is 49.9 Å². The van der Waals surface area contributed by atoms with Crippen LogP contribution in [0.5, 0.6) is 0 Å². The first-order valence-corrected chi connectivity index (χ1v) is 7.74. The van der Waals surface area contributed by atoms with Gasteiger partial charge in [-0.3, -0.25) is 0 Å². The molecule has 1 N–H and O–H groups in total. The van der Waals surface area contributed by atoms with Crippen molar-refractivity contribution >= 4 is 17.6 Å². The first-order chi connectivity index (χ1) is 8.58. The van der Waals surface area contributed by atoms with Gasteiger partial charge in [-0.1, -0.05) is 27.7 Å². The van der Waals surface area contributed by atoms with Gasteiger partial charge >= 0.3 is 0 Å². The third-order valence-electron chi connectivity index (χ3n) is 2.51. The van der Waals surface area contributed by atoms with Crippen molar-refractivity contribution < 1.29 is 0 Å². The van der Waals surface area contributed by atoms with E-state index >= 15 is 0 Å². The highest BCUT2D eigenvalue weighted by molar-refractivity contribution is 7.99. The number of rotatable bonds is 7. The molecule has 1 rings (SSSR count). The zero-order valence-electron chi connectivity index (χ0n) is 12.2. The van der Waals surface area contributed by atoms with Crippen LogP contribution in [0.25, 0.3) is 0 Å². The standard InChI is InChI=1S/C14H25N3S/c1-6-8-12-16-13(15-9-7-2)11(5)14(17-12)18-10(3)4/h10H,6-9H2,1-5H3,(H,15,16,17). The molecule has 0 aromatic carbocycles. The van der Waals surface area contributed by atoms with E-state index in [0.29, 0.717) is 5.25 Å². The van der Waals surface area contributed by atoms with Crippen molar-refractivity contribution in [2.75, 3.05) is 11.9 Å². The molecule has 18 heavy (non-hydrogen) atoms. The first-order valence-electron chi connectivity index (χ1n) is 6.86. The van der Waals surface area contributed by atoms with Crippen LogP contribution in [0.1, 0.15) is 51.9 Å². The Morgan fingerprint density at radius 1 is 1.17 bits per heavy atom. The molecule has 1 heterocycles. The van der Waals surface area contributed by atoms with E-state index in [9.17, 15) is 0 Å². The van der Waals surface area contributed by atoms with Crippen LogP contribution in [0.15, 0.2) is 5.03 Å². The highest BCUT2D eigenvalue weighted by Crippen LogP contribution is 2.28. The van der Waals surface area contributed by atoms with E-state index in [0.717, 1.165) is 42.5 Å². The van der Waals surface area contributed by atoms with Gasteiger partial charge in [-0.25, -0.2) is 9.97 Å². The summed E-state index contributed by atoms with van der Waals surface area (Å²) in [6.45, 7) is 11.8. The summed E-state index contributed by atoms with van der Waals surface area (Å²) in [6, 6.07) is 0. The highest BCUT2D eigenvalue weighted by Gasteiger charge is 2.12. The van der Waals surface area contributed by atoms with E-state index in [-0.39, 0.29) is 0 Å². The molecule has 0 aliphatic rings. The van der Waals surface area contributed by atoms with Gasteiger partial charge in [0.15, 0.2) is 0 Å². The normalized spacial score (nSPS) is 11.0. The Balaban J connectivity index is 3.02. The SMILES string of the molecule is CCCNc1nc(CCC)nc(SC(C)C)c1C. The second-order valence-electron chi connectivity index (χ2n) is 4.76. The zero-order valence-corrected chi connectivity index (χ0v) is 13.0. The molecule has 4 heteroatoms. The molecule has 1 aromatic heterocycles. The summed E-state index contributed by atoms with van der Waals surface area (Å²) < 4.78 is 0. The van der Waals surface area contributed by atoms with Crippen molar-refractivity contribution in [3.05, 3.63) is 11.4 Å². The number of aryl methyl sites for hydroxylation is 1. The third-order valence-corrected chi connectivity index (χ3v) is 3.60. The van der Waals surface area contributed by atoms with Crippen molar-refractivity contribution in [2.45, 2.75) is 64.2 Å². The number of hydrogen-bond acceptors (Lipinski definition) is 4. The van der Waals surface area contributed by atoms with Crippen molar-refractivity contribution in [3.8, 4) is 0 Å². The van der Waals surface area contributed by atoms with Crippen LogP contribution in [0.4, 0.5) is 5.82 Å². The third kappa shape index (κ3) is 4.48. The van der Waals surface area contributed by atoms with Gasteiger partial charge in [0.1, 0.15) is 16.7 Å². The summed E-state index contributed by atoms with van der Waals surface area (Å²) >= 11 is 1.82. The summed E-state index contributed by atoms with van der Waals surface area (Å²) in [4.78, 5) is 9.31. The lowest BCUT2D eigenvalue weighted by atomic mass is 10.3. The molecule has 0 atom stereocenters. The van der Waals surface area contributed by atoms with E-state index in [1.165, 1.54) is 5.56 Å². The van der Waals surface area contributed by atoms with Gasteiger partial charge in [-0.15, -0.1) is 11.8 Å². The molecule has 0 aliphatic carbocycles. The summed E-state index contributed by atoms with van der Waals surface area (Å²) in [6.07, 6.45) is 3.15. The molecule has 3 nitrogen and oxygen atoms in total. The fraction of sp³-hybridized carbons (Fsp3) is 0.714. The van der Waals surface area contributed by atoms with Gasteiger partial charge in [-0.05, 0) is 19.8 Å². The number of nitrogens with one attached hydrogen (secondary N) is 1. The molecule has 0 amide bonds. The molecule has 0 spiro atoms. The predicted octanol–water partition coefficient (Wildman–Crippen LogP) is 4.06. The molecule has 102 valence electrons. The van der Waals surface area contributed by atoms with E-state index in [1.807, 2.05) is 11.8 Å². The summed E-state index contributed by atoms with van der Waals surface area (Å²) in [7, 11) is 0. The lowest BCUT2D eigenvalue weighted by Crippen LogP contribution is -2.09. The largest absolute Gasteiger partial charge is 0.370 e. The van der Waals surface area contributed by atoms with Crippen LogP contribution in [0.2, 0.25) is 0 Å². The Labute approximate surface area is 115 Å². The lowest BCUT2D eigenvalue weighted by molar-refractivity contribution is 0.798. The maximum absolute atomic E-state index is 4.68. The number of nitrogens with zero attached hydrogens (tertiary/aromatic N) is 2. The maximum Gasteiger partial charge on any atom is 0.133 e. The monoisotopic (exact) mass is 267 g/mol. The highest BCUT2D eigenvalue weighted by atomic mass is 32.2. The average molecular weight is 267 g/mol. The van der Waals surface area contributed by atoms with Crippen LogP contribution in [-0.4, -0.2) is 21.8 Å². The Hall–Kier alpha value is -0.770. The van der Waals surface area contributed by atoms with Crippen LogP contribution < -0.4 is 5.32 Å². The molecule has 0 saturated carbocycles. The van der Waals surface area contributed by atoms with Crippen molar-refractivity contribution in [1.82, 2.24) is 9.97 Å². The number of thioether (sulfide) groups is 1.